The minimum Gasteiger partial charge on any atom is -0.357 e. The number of fused-ring (bicyclic) bond motifs is 1. The fraction of sp³-hybridized carbons (Fsp3) is 0.278. The molecule has 2 aromatic heterocycles. The number of carbonyl (C=O) groups is 2. The smallest absolute Gasteiger partial charge is 0.229 e. The highest BCUT2D eigenvalue weighted by Gasteiger charge is 2.37. The molecule has 0 bridgehead atoms. The summed E-state index contributed by atoms with van der Waals surface area (Å²) in [6, 6.07) is 6.37. The molecule has 1 fully saturated rings. The van der Waals surface area contributed by atoms with Gasteiger partial charge in [-0.25, -0.2) is 9.37 Å². The van der Waals surface area contributed by atoms with Crippen LogP contribution in [0, 0.1) is 11.7 Å². The van der Waals surface area contributed by atoms with Crippen LogP contribution < -0.4 is 4.90 Å². The van der Waals surface area contributed by atoms with Gasteiger partial charge in [-0.1, -0.05) is 0 Å². The number of anilines is 1. The monoisotopic (exact) mass is 372 g/mol. The second-order valence-electron chi connectivity index (χ2n) is 6.44. The first-order valence-electron chi connectivity index (χ1n) is 8.23. The molecular weight excluding hydrogens is 355 g/mol. The van der Waals surface area contributed by atoms with Crippen molar-refractivity contribution >= 4 is 39.2 Å². The Morgan fingerprint density at radius 2 is 2.31 bits per heavy atom. The van der Waals surface area contributed by atoms with Crippen LogP contribution in [0.1, 0.15) is 12.1 Å². The number of halogens is 1. The van der Waals surface area contributed by atoms with Gasteiger partial charge in [0.05, 0.1) is 12.5 Å². The Morgan fingerprint density at radius 1 is 1.46 bits per heavy atom. The maximum absolute atomic E-state index is 13.3. The first-order valence-corrected chi connectivity index (χ1v) is 9.11. The van der Waals surface area contributed by atoms with Crippen LogP contribution in [0.25, 0.3) is 10.9 Å². The standard InChI is InChI=1S/C18H17FN4O2S/c1-22(10-14-7-11-6-13(19)2-3-15(11)21-14)17(25)12-8-16(24)23(9-12)18-20-4-5-26-18/h2-7,12,21H,8-10H2,1H3. The molecule has 1 unspecified atom stereocenters. The maximum atomic E-state index is 13.3. The number of hydrogen-bond donors (Lipinski definition) is 1. The van der Waals surface area contributed by atoms with E-state index in [0.717, 1.165) is 16.6 Å². The highest BCUT2D eigenvalue weighted by Crippen LogP contribution is 2.28. The zero-order valence-corrected chi connectivity index (χ0v) is 14.9. The van der Waals surface area contributed by atoms with Gasteiger partial charge in [0.25, 0.3) is 0 Å². The molecule has 1 aliphatic rings. The summed E-state index contributed by atoms with van der Waals surface area (Å²) in [5.41, 5.74) is 1.65. The Kier molecular flexibility index (Phi) is 4.20. The molecule has 1 atom stereocenters. The number of aromatic nitrogens is 2. The molecule has 0 radical (unpaired) electrons. The van der Waals surface area contributed by atoms with Crippen molar-refractivity contribution in [1.29, 1.82) is 0 Å². The number of aromatic amines is 1. The normalized spacial score (nSPS) is 17.2. The molecule has 6 nitrogen and oxygen atoms in total. The summed E-state index contributed by atoms with van der Waals surface area (Å²) < 4.78 is 13.3. The van der Waals surface area contributed by atoms with Crippen LogP contribution in [-0.4, -0.2) is 40.3 Å². The van der Waals surface area contributed by atoms with E-state index in [4.69, 9.17) is 0 Å². The van der Waals surface area contributed by atoms with Crippen molar-refractivity contribution in [1.82, 2.24) is 14.9 Å². The van der Waals surface area contributed by atoms with Crippen molar-refractivity contribution < 1.29 is 14.0 Å². The Balaban J connectivity index is 1.45. The largest absolute Gasteiger partial charge is 0.357 e. The van der Waals surface area contributed by atoms with Gasteiger partial charge in [0, 0.05) is 48.2 Å². The van der Waals surface area contributed by atoms with Crippen LogP contribution >= 0.6 is 11.3 Å². The van der Waals surface area contributed by atoms with Gasteiger partial charge in [0.2, 0.25) is 11.8 Å². The maximum Gasteiger partial charge on any atom is 0.229 e. The number of H-pyrrole nitrogens is 1. The van der Waals surface area contributed by atoms with Crippen LogP contribution in [0.15, 0.2) is 35.8 Å². The molecule has 4 rings (SSSR count). The Bertz CT molecular complexity index is 969. The van der Waals surface area contributed by atoms with E-state index in [1.54, 1.807) is 29.1 Å². The molecule has 0 spiro atoms. The minimum atomic E-state index is -0.377. The van der Waals surface area contributed by atoms with E-state index in [0.29, 0.717) is 18.2 Å². The minimum absolute atomic E-state index is 0.0761. The van der Waals surface area contributed by atoms with E-state index in [2.05, 4.69) is 9.97 Å². The van der Waals surface area contributed by atoms with Crippen molar-refractivity contribution in [2.24, 2.45) is 5.92 Å². The van der Waals surface area contributed by atoms with Crippen LogP contribution in [0.4, 0.5) is 9.52 Å². The van der Waals surface area contributed by atoms with E-state index >= 15 is 0 Å². The zero-order valence-electron chi connectivity index (χ0n) is 14.1. The molecule has 3 aromatic rings. The molecule has 2 amide bonds. The number of hydrogen-bond acceptors (Lipinski definition) is 4. The number of rotatable bonds is 4. The molecule has 8 heteroatoms. The van der Waals surface area contributed by atoms with Crippen molar-refractivity contribution in [3.05, 3.63) is 47.4 Å². The first-order chi connectivity index (χ1) is 12.5. The number of amides is 2. The highest BCUT2D eigenvalue weighted by atomic mass is 32.1. The van der Waals surface area contributed by atoms with Crippen LogP contribution in [0.3, 0.4) is 0 Å². The van der Waals surface area contributed by atoms with Crippen LogP contribution in [0.5, 0.6) is 0 Å². The average molecular weight is 372 g/mol. The third-order valence-electron chi connectivity index (χ3n) is 4.55. The number of benzene rings is 1. The van der Waals surface area contributed by atoms with E-state index in [1.165, 1.54) is 23.5 Å². The lowest BCUT2D eigenvalue weighted by atomic mass is 10.1. The van der Waals surface area contributed by atoms with Gasteiger partial charge in [-0.3, -0.25) is 14.5 Å². The lowest BCUT2D eigenvalue weighted by molar-refractivity contribution is -0.135. The summed E-state index contributed by atoms with van der Waals surface area (Å²) in [5.74, 6) is -0.826. The second kappa shape index (κ2) is 6.53. The van der Waals surface area contributed by atoms with Crippen LogP contribution in [0.2, 0.25) is 0 Å². The van der Waals surface area contributed by atoms with Gasteiger partial charge in [0.15, 0.2) is 5.13 Å². The number of carbonyl (C=O) groups excluding carboxylic acids is 2. The lowest BCUT2D eigenvalue weighted by Crippen LogP contribution is -2.34. The number of nitrogens with zero attached hydrogens (tertiary/aromatic N) is 3. The van der Waals surface area contributed by atoms with E-state index < -0.39 is 0 Å². The third-order valence-corrected chi connectivity index (χ3v) is 5.34. The summed E-state index contributed by atoms with van der Waals surface area (Å²) in [6.07, 6.45) is 1.84. The van der Waals surface area contributed by atoms with Crippen molar-refractivity contribution in [3.8, 4) is 0 Å². The van der Waals surface area contributed by atoms with Crippen LogP contribution in [-0.2, 0) is 16.1 Å². The summed E-state index contributed by atoms with van der Waals surface area (Å²) in [6.45, 7) is 0.727. The molecular formula is C18H17FN4O2S. The predicted molar refractivity (Wildman–Crippen MR) is 97.3 cm³/mol. The fourth-order valence-electron chi connectivity index (χ4n) is 3.30. The number of thiazole rings is 1. The van der Waals surface area contributed by atoms with Gasteiger partial charge < -0.3 is 9.88 Å². The van der Waals surface area contributed by atoms with Crippen molar-refractivity contribution in [2.45, 2.75) is 13.0 Å². The van der Waals surface area contributed by atoms with E-state index in [-0.39, 0.29) is 30.0 Å². The van der Waals surface area contributed by atoms with Gasteiger partial charge in [0.1, 0.15) is 5.82 Å². The fourth-order valence-corrected chi connectivity index (χ4v) is 3.97. The Labute approximate surface area is 153 Å². The topological polar surface area (TPSA) is 69.3 Å². The summed E-state index contributed by atoms with van der Waals surface area (Å²) >= 11 is 1.39. The quantitative estimate of drug-likeness (QED) is 0.766. The van der Waals surface area contributed by atoms with Gasteiger partial charge in [-0.15, -0.1) is 11.3 Å². The highest BCUT2D eigenvalue weighted by molar-refractivity contribution is 7.13. The molecule has 1 aliphatic heterocycles. The van der Waals surface area contributed by atoms with E-state index in [9.17, 15) is 14.0 Å². The van der Waals surface area contributed by atoms with Gasteiger partial charge >= 0.3 is 0 Å². The van der Waals surface area contributed by atoms with Crippen molar-refractivity contribution in [3.63, 3.8) is 0 Å². The molecule has 0 saturated carbocycles. The van der Waals surface area contributed by atoms with Crippen molar-refractivity contribution in [2.75, 3.05) is 18.5 Å². The third kappa shape index (κ3) is 3.08. The van der Waals surface area contributed by atoms with Gasteiger partial charge in [-0.05, 0) is 24.3 Å². The number of nitrogens with one attached hydrogen (secondary N) is 1. The lowest BCUT2D eigenvalue weighted by Gasteiger charge is -2.20. The summed E-state index contributed by atoms with van der Waals surface area (Å²) in [7, 11) is 1.71. The zero-order chi connectivity index (χ0) is 18.3. The first kappa shape index (κ1) is 16.7. The van der Waals surface area contributed by atoms with E-state index in [1.807, 2.05) is 11.4 Å². The average Bonchev–Trinajstić information content (AvgIpc) is 3.32. The molecule has 1 N–H and O–H groups in total. The Hall–Kier alpha value is -2.74. The predicted octanol–water partition coefficient (Wildman–Crippen LogP) is 2.78. The molecule has 0 aliphatic carbocycles. The molecule has 134 valence electrons. The second-order valence-corrected chi connectivity index (χ2v) is 7.31. The van der Waals surface area contributed by atoms with Gasteiger partial charge in [-0.2, -0.15) is 0 Å². The summed E-state index contributed by atoms with van der Waals surface area (Å²) in [5, 5.41) is 3.21. The molecule has 3 heterocycles. The molecule has 1 aromatic carbocycles. The SMILES string of the molecule is CN(Cc1cc2cc(F)ccc2[nH]1)C(=O)C1CC(=O)N(c2nccs2)C1. The molecule has 26 heavy (non-hydrogen) atoms. The molecule has 1 saturated heterocycles. The summed E-state index contributed by atoms with van der Waals surface area (Å²) in [4.78, 5) is 35.5. The Morgan fingerprint density at radius 3 is 3.08 bits per heavy atom.